The zero-order valence-electron chi connectivity index (χ0n) is 23.4. The Bertz CT molecular complexity index is 1280. The van der Waals surface area contributed by atoms with Crippen molar-refractivity contribution in [3.8, 4) is 22.6 Å². The molecule has 2 aromatic heterocycles. The van der Waals surface area contributed by atoms with Gasteiger partial charge in [-0.05, 0) is 64.2 Å². The monoisotopic (exact) mass is 551 g/mol. The number of hydrogen-bond acceptors (Lipinski definition) is 8. The van der Waals surface area contributed by atoms with Crippen molar-refractivity contribution < 1.29 is 18.7 Å². The second-order valence-corrected chi connectivity index (χ2v) is 11.2. The van der Waals surface area contributed by atoms with E-state index in [-0.39, 0.29) is 24.9 Å². The van der Waals surface area contributed by atoms with Gasteiger partial charge in [-0.1, -0.05) is 19.3 Å². The average molecular weight is 552 g/mol. The molecule has 40 heavy (non-hydrogen) atoms. The Morgan fingerprint density at radius 3 is 2.52 bits per heavy atom. The standard InChI is InChI=1S/C29H38FN7O3/c1-29(27(38)31-15-16-37(2)3)17-39-26(40-18-29)25-35-23(19-9-11-20(30)12-10-19)24(36-25)22-13-14-32-28(34-22)33-21-7-5-4-6-8-21/h9-14,21,26H,4-8,15-18H2,1-3H3,(H,31,38)(H,35,36)(H,32,33,34). The largest absolute Gasteiger partial charge is 0.354 e. The smallest absolute Gasteiger partial charge is 0.230 e. The number of carbonyl (C=O) groups is 1. The Morgan fingerprint density at radius 2 is 1.82 bits per heavy atom. The van der Waals surface area contributed by atoms with E-state index >= 15 is 0 Å². The van der Waals surface area contributed by atoms with E-state index in [4.69, 9.17) is 19.4 Å². The average Bonchev–Trinajstić information content (AvgIpc) is 3.40. The number of anilines is 1. The second kappa shape index (κ2) is 12.4. The highest BCUT2D eigenvalue weighted by Gasteiger charge is 2.40. The van der Waals surface area contributed by atoms with Gasteiger partial charge in [0.25, 0.3) is 0 Å². The van der Waals surface area contributed by atoms with Gasteiger partial charge in [-0.15, -0.1) is 0 Å². The summed E-state index contributed by atoms with van der Waals surface area (Å²) in [6, 6.07) is 8.33. The summed E-state index contributed by atoms with van der Waals surface area (Å²) < 4.78 is 25.8. The van der Waals surface area contributed by atoms with Crippen molar-refractivity contribution >= 4 is 11.9 Å². The number of benzene rings is 1. The van der Waals surface area contributed by atoms with E-state index in [0.29, 0.717) is 41.4 Å². The maximum absolute atomic E-state index is 13.7. The number of imidazole rings is 1. The number of ether oxygens (including phenoxy) is 2. The van der Waals surface area contributed by atoms with Crippen LogP contribution in [0.15, 0.2) is 36.5 Å². The zero-order chi connectivity index (χ0) is 28.1. The van der Waals surface area contributed by atoms with Gasteiger partial charge in [0.2, 0.25) is 18.1 Å². The predicted molar refractivity (Wildman–Crippen MR) is 150 cm³/mol. The molecule has 0 bridgehead atoms. The van der Waals surface area contributed by atoms with Crippen LogP contribution in [0.4, 0.5) is 10.3 Å². The van der Waals surface area contributed by atoms with Crippen LogP contribution in [0, 0.1) is 11.2 Å². The lowest BCUT2D eigenvalue weighted by molar-refractivity contribution is -0.231. The first kappa shape index (κ1) is 28.1. The molecule has 1 amide bonds. The van der Waals surface area contributed by atoms with Gasteiger partial charge in [-0.25, -0.2) is 19.3 Å². The summed E-state index contributed by atoms with van der Waals surface area (Å²) in [7, 11) is 3.91. The van der Waals surface area contributed by atoms with Gasteiger partial charge >= 0.3 is 0 Å². The number of nitrogens with zero attached hydrogens (tertiary/aromatic N) is 4. The SMILES string of the molecule is CN(C)CCNC(=O)C1(C)COC(c2nc(-c3ccc(F)cc3)c(-c3ccnc(NC4CCCCC4)n3)[nH]2)OC1. The van der Waals surface area contributed by atoms with Gasteiger partial charge in [0.1, 0.15) is 5.82 Å². The Balaban J connectivity index is 1.37. The fraction of sp³-hybridized carbons (Fsp3) is 0.517. The van der Waals surface area contributed by atoms with Crippen molar-refractivity contribution in [1.82, 2.24) is 30.2 Å². The van der Waals surface area contributed by atoms with Crippen molar-refractivity contribution in [1.29, 1.82) is 0 Å². The third-order valence-electron chi connectivity index (χ3n) is 7.41. The molecule has 1 aliphatic carbocycles. The topological polar surface area (TPSA) is 117 Å². The van der Waals surface area contributed by atoms with E-state index in [1.165, 1.54) is 31.4 Å². The number of aromatic nitrogens is 4. The Morgan fingerprint density at radius 1 is 1.10 bits per heavy atom. The fourth-order valence-electron chi connectivity index (χ4n) is 5.01. The predicted octanol–water partition coefficient (Wildman–Crippen LogP) is 4.15. The molecule has 1 aromatic carbocycles. The highest BCUT2D eigenvalue weighted by Crippen LogP contribution is 2.35. The first-order chi connectivity index (χ1) is 19.3. The molecule has 1 aliphatic heterocycles. The van der Waals surface area contributed by atoms with E-state index in [1.807, 2.05) is 32.0 Å². The maximum atomic E-state index is 13.7. The summed E-state index contributed by atoms with van der Waals surface area (Å²) in [6.07, 6.45) is 6.80. The van der Waals surface area contributed by atoms with Crippen molar-refractivity contribution in [2.45, 2.75) is 51.4 Å². The van der Waals surface area contributed by atoms with Crippen LogP contribution < -0.4 is 10.6 Å². The number of H-pyrrole nitrogens is 1. The van der Waals surface area contributed by atoms with Crippen LogP contribution in [0.1, 0.15) is 51.1 Å². The minimum atomic E-state index is -0.815. The van der Waals surface area contributed by atoms with Crippen LogP contribution in [0.5, 0.6) is 0 Å². The van der Waals surface area contributed by atoms with E-state index in [9.17, 15) is 9.18 Å². The number of carbonyl (C=O) groups excluding carboxylic acids is 1. The number of hydrogen-bond donors (Lipinski definition) is 3. The van der Waals surface area contributed by atoms with Gasteiger partial charge in [-0.3, -0.25) is 4.79 Å². The molecule has 0 atom stereocenters. The Hall–Kier alpha value is -3.41. The number of likely N-dealkylation sites (N-methyl/N-ethyl adjacent to an activating group) is 1. The normalized spacial score (nSPS) is 21.9. The van der Waals surface area contributed by atoms with Crippen molar-refractivity contribution in [2.24, 2.45) is 5.41 Å². The van der Waals surface area contributed by atoms with Crippen LogP contribution in [0.2, 0.25) is 0 Å². The summed E-state index contributed by atoms with van der Waals surface area (Å²) in [5.41, 5.74) is 1.80. The van der Waals surface area contributed by atoms with Gasteiger partial charge in [0.05, 0.1) is 35.7 Å². The van der Waals surface area contributed by atoms with E-state index in [1.54, 1.807) is 18.3 Å². The molecule has 11 heteroatoms. The van der Waals surface area contributed by atoms with Crippen LogP contribution >= 0.6 is 0 Å². The minimum Gasteiger partial charge on any atom is -0.354 e. The Kier molecular flexibility index (Phi) is 8.72. The lowest BCUT2D eigenvalue weighted by Gasteiger charge is -2.35. The third-order valence-corrected chi connectivity index (χ3v) is 7.41. The summed E-state index contributed by atoms with van der Waals surface area (Å²) >= 11 is 0. The maximum Gasteiger partial charge on any atom is 0.230 e. The number of nitrogens with one attached hydrogen (secondary N) is 3. The molecular formula is C29H38FN7O3. The van der Waals surface area contributed by atoms with Gasteiger partial charge in [-0.2, -0.15) is 0 Å². The molecule has 2 fully saturated rings. The molecule has 0 spiro atoms. The molecule has 10 nitrogen and oxygen atoms in total. The molecule has 1 saturated carbocycles. The molecule has 1 saturated heterocycles. The Labute approximate surface area is 234 Å². The van der Waals surface area contributed by atoms with Crippen LogP contribution in [0.25, 0.3) is 22.6 Å². The lowest BCUT2D eigenvalue weighted by Crippen LogP contribution is -2.49. The highest BCUT2D eigenvalue weighted by atomic mass is 19.1. The molecule has 3 N–H and O–H groups in total. The van der Waals surface area contributed by atoms with E-state index < -0.39 is 11.7 Å². The minimum absolute atomic E-state index is 0.112. The van der Waals surface area contributed by atoms with Crippen LogP contribution in [-0.4, -0.2) is 77.2 Å². The third kappa shape index (κ3) is 6.65. The summed E-state index contributed by atoms with van der Waals surface area (Å²) in [4.78, 5) is 32.2. The summed E-state index contributed by atoms with van der Waals surface area (Å²) in [6.45, 7) is 3.47. The first-order valence-electron chi connectivity index (χ1n) is 13.9. The lowest BCUT2D eigenvalue weighted by atomic mass is 9.91. The molecule has 214 valence electrons. The quantitative estimate of drug-likeness (QED) is 0.363. The summed E-state index contributed by atoms with van der Waals surface area (Å²) in [5.74, 6) is 0.569. The van der Waals surface area contributed by atoms with Crippen LogP contribution in [0.3, 0.4) is 0 Å². The van der Waals surface area contributed by atoms with Gasteiger partial charge in [0.15, 0.2) is 5.82 Å². The molecule has 0 radical (unpaired) electrons. The van der Waals surface area contributed by atoms with Crippen molar-refractivity contribution in [3.05, 3.63) is 48.2 Å². The summed E-state index contributed by atoms with van der Waals surface area (Å²) in [5, 5.41) is 6.43. The molecular weight excluding hydrogens is 513 g/mol. The molecule has 0 unspecified atom stereocenters. The number of rotatable bonds is 9. The van der Waals surface area contributed by atoms with E-state index in [2.05, 4.69) is 20.6 Å². The number of halogens is 1. The molecule has 5 rings (SSSR count). The van der Waals surface area contributed by atoms with Crippen molar-refractivity contribution in [2.75, 3.05) is 45.7 Å². The second-order valence-electron chi connectivity index (χ2n) is 11.2. The number of amides is 1. The van der Waals surface area contributed by atoms with Crippen LogP contribution in [-0.2, 0) is 14.3 Å². The fourth-order valence-corrected chi connectivity index (χ4v) is 5.01. The molecule has 3 heterocycles. The van der Waals surface area contributed by atoms with E-state index in [0.717, 1.165) is 24.9 Å². The highest BCUT2D eigenvalue weighted by molar-refractivity contribution is 5.82. The van der Waals surface area contributed by atoms with Gasteiger partial charge < -0.3 is 30.0 Å². The van der Waals surface area contributed by atoms with Crippen molar-refractivity contribution in [3.63, 3.8) is 0 Å². The molecule has 3 aromatic rings. The van der Waals surface area contributed by atoms with Gasteiger partial charge in [0, 0.05) is 30.9 Å². The zero-order valence-corrected chi connectivity index (χ0v) is 23.4. The number of aromatic amines is 1. The first-order valence-corrected chi connectivity index (χ1v) is 13.9. The molecule has 2 aliphatic rings.